The molecule has 116 valence electrons. The maximum Gasteiger partial charge on any atom is 0.251 e. The van der Waals surface area contributed by atoms with E-state index in [1.165, 1.54) is 22.0 Å². The second-order valence-corrected chi connectivity index (χ2v) is 6.17. The highest BCUT2D eigenvalue weighted by Crippen LogP contribution is 2.31. The molecule has 1 atom stereocenters. The number of aromatic nitrogens is 3. The second kappa shape index (κ2) is 6.37. The van der Waals surface area contributed by atoms with E-state index >= 15 is 0 Å². The molecule has 1 fully saturated rings. The zero-order valence-electron chi connectivity index (χ0n) is 12.1. The van der Waals surface area contributed by atoms with Gasteiger partial charge in [0.05, 0.1) is 0 Å². The molecule has 1 amide bonds. The fraction of sp³-hybridized carbons (Fsp3) is 0.429. The minimum absolute atomic E-state index is 0.0112. The first-order chi connectivity index (χ1) is 10.6. The third-order valence-corrected chi connectivity index (χ3v) is 4.29. The summed E-state index contributed by atoms with van der Waals surface area (Å²) in [5, 5.41) is 11.9. The van der Waals surface area contributed by atoms with E-state index in [9.17, 15) is 9.59 Å². The smallest absolute Gasteiger partial charge is 0.251 e. The van der Waals surface area contributed by atoms with Gasteiger partial charge in [0.1, 0.15) is 17.7 Å². The van der Waals surface area contributed by atoms with Gasteiger partial charge in [0.2, 0.25) is 11.0 Å². The van der Waals surface area contributed by atoms with Crippen LogP contribution in [0.4, 0.5) is 5.13 Å². The Morgan fingerprint density at radius 3 is 3.14 bits per heavy atom. The maximum absolute atomic E-state index is 12.0. The summed E-state index contributed by atoms with van der Waals surface area (Å²) in [5.41, 5.74) is 0.666. The molecular formula is C14H16N4O3S. The van der Waals surface area contributed by atoms with Gasteiger partial charge in [-0.05, 0) is 31.4 Å². The number of carbonyl (C=O) groups excluding carboxylic acids is 1. The van der Waals surface area contributed by atoms with Gasteiger partial charge in [-0.25, -0.2) is 0 Å². The number of pyridine rings is 1. The summed E-state index contributed by atoms with van der Waals surface area (Å²) in [6, 6.07) is 3.28. The van der Waals surface area contributed by atoms with Crippen LogP contribution in [0.25, 0.3) is 0 Å². The Morgan fingerprint density at radius 2 is 2.41 bits per heavy atom. The van der Waals surface area contributed by atoms with Crippen molar-refractivity contribution in [3.63, 3.8) is 0 Å². The number of nitrogens with one attached hydrogen (secondary N) is 1. The van der Waals surface area contributed by atoms with Crippen LogP contribution < -0.4 is 10.9 Å². The lowest BCUT2D eigenvalue weighted by atomic mass is 10.2. The van der Waals surface area contributed by atoms with Crippen molar-refractivity contribution in [1.29, 1.82) is 0 Å². The Hall–Kier alpha value is -2.06. The minimum Gasteiger partial charge on any atom is -0.371 e. The van der Waals surface area contributed by atoms with E-state index in [2.05, 4.69) is 15.5 Å². The van der Waals surface area contributed by atoms with Crippen LogP contribution in [0, 0.1) is 6.92 Å². The summed E-state index contributed by atoms with van der Waals surface area (Å²) < 4.78 is 6.88. The molecule has 7 nitrogen and oxygen atoms in total. The lowest BCUT2D eigenvalue weighted by Gasteiger charge is -2.05. The summed E-state index contributed by atoms with van der Waals surface area (Å²) in [4.78, 5) is 23.7. The third-order valence-electron chi connectivity index (χ3n) is 3.36. The van der Waals surface area contributed by atoms with Gasteiger partial charge in [-0.2, -0.15) is 0 Å². The SMILES string of the molecule is Cc1ccn(CC(=O)Nc2nnc(C3CCCO3)s2)c(=O)c1. The monoisotopic (exact) mass is 320 g/mol. The van der Waals surface area contributed by atoms with Crippen molar-refractivity contribution in [2.24, 2.45) is 0 Å². The van der Waals surface area contributed by atoms with Gasteiger partial charge in [0.15, 0.2) is 0 Å². The molecule has 0 bridgehead atoms. The molecule has 1 N–H and O–H groups in total. The van der Waals surface area contributed by atoms with Crippen molar-refractivity contribution in [2.75, 3.05) is 11.9 Å². The highest BCUT2D eigenvalue weighted by Gasteiger charge is 2.22. The first-order valence-electron chi connectivity index (χ1n) is 7.04. The van der Waals surface area contributed by atoms with Gasteiger partial charge in [0.25, 0.3) is 5.56 Å². The van der Waals surface area contributed by atoms with Crippen LogP contribution >= 0.6 is 11.3 Å². The highest BCUT2D eigenvalue weighted by atomic mass is 32.1. The Labute approximate surface area is 131 Å². The molecule has 1 aliphatic rings. The van der Waals surface area contributed by atoms with Crippen LogP contribution in [0.15, 0.2) is 23.1 Å². The number of hydrogen-bond acceptors (Lipinski definition) is 6. The number of hydrogen-bond donors (Lipinski definition) is 1. The van der Waals surface area contributed by atoms with Crippen molar-refractivity contribution in [1.82, 2.24) is 14.8 Å². The molecule has 1 aliphatic heterocycles. The molecule has 0 radical (unpaired) electrons. The van der Waals surface area contributed by atoms with Gasteiger partial charge in [0, 0.05) is 18.9 Å². The van der Waals surface area contributed by atoms with Gasteiger partial charge in [-0.1, -0.05) is 11.3 Å². The summed E-state index contributed by atoms with van der Waals surface area (Å²) in [7, 11) is 0. The normalized spacial score (nSPS) is 17.6. The second-order valence-electron chi connectivity index (χ2n) is 5.17. The number of anilines is 1. The first-order valence-corrected chi connectivity index (χ1v) is 7.85. The van der Waals surface area contributed by atoms with Gasteiger partial charge >= 0.3 is 0 Å². The average molecular weight is 320 g/mol. The summed E-state index contributed by atoms with van der Waals surface area (Å²) >= 11 is 1.31. The molecule has 0 saturated carbocycles. The molecule has 0 spiro atoms. The van der Waals surface area contributed by atoms with Gasteiger partial charge in [-0.3, -0.25) is 14.9 Å². The molecule has 0 aromatic carbocycles. The quantitative estimate of drug-likeness (QED) is 0.922. The first kappa shape index (κ1) is 14.9. The molecule has 3 rings (SSSR count). The van der Waals surface area contributed by atoms with Crippen molar-refractivity contribution in [3.8, 4) is 0 Å². The van der Waals surface area contributed by atoms with Crippen molar-refractivity contribution in [2.45, 2.75) is 32.4 Å². The van der Waals surface area contributed by atoms with Crippen LogP contribution in [-0.4, -0.2) is 27.3 Å². The van der Waals surface area contributed by atoms with E-state index < -0.39 is 0 Å². The third kappa shape index (κ3) is 3.40. The summed E-state index contributed by atoms with van der Waals surface area (Å²) in [6.07, 6.45) is 3.54. The van der Waals surface area contributed by atoms with Crippen molar-refractivity contribution < 1.29 is 9.53 Å². The van der Waals surface area contributed by atoms with E-state index in [1.807, 2.05) is 6.92 Å². The van der Waals surface area contributed by atoms with Crippen LogP contribution in [0.2, 0.25) is 0 Å². The number of nitrogens with zero attached hydrogens (tertiary/aromatic N) is 3. The molecule has 0 aliphatic carbocycles. The van der Waals surface area contributed by atoms with E-state index in [1.54, 1.807) is 12.3 Å². The van der Waals surface area contributed by atoms with E-state index in [0.29, 0.717) is 5.13 Å². The zero-order valence-corrected chi connectivity index (χ0v) is 12.9. The zero-order chi connectivity index (χ0) is 15.5. The van der Waals surface area contributed by atoms with Crippen LogP contribution in [0.5, 0.6) is 0 Å². The lowest BCUT2D eigenvalue weighted by Crippen LogP contribution is -2.26. The molecule has 2 aromatic rings. The number of aryl methyl sites for hydroxylation is 1. The highest BCUT2D eigenvalue weighted by molar-refractivity contribution is 7.15. The topological polar surface area (TPSA) is 86.1 Å². The number of ether oxygens (including phenoxy) is 1. The Morgan fingerprint density at radius 1 is 1.55 bits per heavy atom. The van der Waals surface area contributed by atoms with E-state index in [0.717, 1.165) is 30.0 Å². The van der Waals surface area contributed by atoms with Gasteiger partial charge in [-0.15, -0.1) is 10.2 Å². The number of carbonyl (C=O) groups is 1. The predicted molar refractivity (Wildman–Crippen MR) is 81.9 cm³/mol. The average Bonchev–Trinajstić information content (AvgIpc) is 3.12. The maximum atomic E-state index is 12.0. The number of rotatable bonds is 4. The predicted octanol–water partition coefficient (Wildman–Crippen LogP) is 1.50. The number of amides is 1. The molecular weight excluding hydrogens is 304 g/mol. The molecule has 8 heteroatoms. The van der Waals surface area contributed by atoms with E-state index in [4.69, 9.17) is 4.74 Å². The van der Waals surface area contributed by atoms with Crippen molar-refractivity contribution >= 4 is 22.4 Å². The molecule has 3 heterocycles. The summed E-state index contributed by atoms with van der Waals surface area (Å²) in [6.45, 7) is 2.52. The lowest BCUT2D eigenvalue weighted by molar-refractivity contribution is -0.116. The standard InChI is InChI=1S/C14H16N4O3S/c1-9-4-5-18(12(20)7-9)8-11(19)15-14-17-16-13(22-14)10-3-2-6-21-10/h4-5,7,10H,2-3,6,8H2,1H3,(H,15,17,19). The Balaban J connectivity index is 1.63. The molecule has 1 unspecified atom stereocenters. The van der Waals surface area contributed by atoms with Crippen LogP contribution in [0.1, 0.15) is 29.5 Å². The molecule has 1 saturated heterocycles. The van der Waals surface area contributed by atoms with Crippen LogP contribution in [0.3, 0.4) is 0 Å². The molecule has 22 heavy (non-hydrogen) atoms. The van der Waals surface area contributed by atoms with Crippen LogP contribution in [-0.2, 0) is 16.1 Å². The molecule has 2 aromatic heterocycles. The van der Waals surface area contributed by atoms with Crippen molar-refractivity contribution in [3.05, 3.63) is 39.3 Å². The van der Waals surface area contributed by atoms with E-state index in [-0.39, 0.29) is 24.1 Å². The Bertz CT molecular complexity index is 734. The van der Waals surface area contributed by atoms with Gasteiger partial charge < -0.3 is 9.30 Å². The summed E-state index contributed by atoms with van der Waals surface area (Å²) in [5.74, 6) is -0.305. The largest absolute Gasteiger partial charge is 0.371 e. The minimum atomic E-state index is -0.305. The fourth-order valence-corrected chi connectivity index (χ4v) is 3.08. The Kier molecular flexibility index (Phi) is 4.30. The fourth-order valence-electron chi connectivity index (χ4n) is 2.24.